The number of thioether (sulfide) groups is 1. The first-order chi connectivity index (χ1) is 11.1. The number of nitrogens with one attached hydrogen (secondary N) is 1. The number of carbonyl (C=O) groups is 1. The molecule has 1 aromatic carbocycles. The molecule has 120 valence electrons. The summed E-state index contributed by atoms with van der Waals surface area (Å²) in [5.74, 6) is 2.48. The number of benzene rings is 1. The molecule has 2 heterocycles. The van der Waals surface area contributed by atoms with E-state index < -0.39 is 0 Å². The van der Waals surface area contributed by atoms with Gasteiger partial charge in [0.15, 0.2) is 0 Å². The predicted octanol–water partition coefficient (Wildman–Crippen LogP) is 3.84. The number of pyridine rings is 1. The second-order valence-corrected chi connectivity index (χ2v) is 6.91. The van der Waals surface area contributed by atoms with Crippen LogP contribution in [0.3, 0.4) is 0 Å². The van der Waals surface area contributed by atoms with E-state index in [4.69, 9.17) is 4.74 Å². The van der Waals surface area contributed by atoms with Gasteiger partial charge in [0.2, 0.25) is 5.88 Å². The normalized spacial score (nSPS) is 17.0. The highest BCUT2D eigenvalue weighted by atomic mass is 32.2. The van der Waals surface area contributed by atoms with Crippen LogP contribution in [0.25, 0.3) is 0 Å². The van der Waals surface area contributed by atoms with Gasteiger partial charge in [-0.1, -0.05) is 12.1 Å². The zero-order valence-corrected chi connectivity index (χ0v) is 14.2. The van der Waals surface area contributed by atoms with Crippen molar-refractivity contribution in [2.45, 2.75) is 26.4 Å². The van der Waals surface area contributed by atoms with E-state index in [-0.39, 0.29) is 12.0 Å². The molecular weight excluding hydrogens is 308 g/mol. The molecule has 1 fully saturated rings. The second kappa shape index (κ2) is 7.04. The molecule has 1 unspecified atom stereocenters. The predicted molar refractivity (Wildman–Crippen MR) is 94.5 cm³/mol. The smallest absolute Gasteiger partial charge is 0.255 e. The summed E-state index contributed by atoms with van der Waals surface area (Å²) in [4.78, 5) is 16.7. The van der Waals surface area contributed by atoms with Crippen LogP contribution in [0.15, 0.2) is 36.5 Å². The van der Waals surface area contributed by atoms with Crippen molar-refractivity contribution in [3.63, 3.8) is 0 Å². The summed E-state index contributed by atoms with van der Waals surface area (Å²) < 4.78 is 5.85. The van der Waals surface area contributed by atoms with Crippen molar-refractivity contribution in [1.29, 1.82) is 0 Å². The molecule has 0 bridgehead atoms. The van der Waals surface area contributed by atoms with Gasteiger partial charge in [0.1, 0.15) is 6.10 Å². The van der Waals surface area contributed by atoms with E-state index in [0.717, 1.165) is 34.7 Å². The molecule has 3 rings (SSSR count). The van der Waals surface area contributed by atoms with E-state index in [2.05, 4.69) is 10.3 Å². The van der Waals surface area contributed by atoms with Crippen LogP contribution in [0, 0.1) is 13.8 Å². The topological polar surface area (TPSA) is 51.2 Å². The molecule has 0 spiro atoms. The van der Waals surface area contributed by atoms with Gasteiger partial charge in [-0.3, -0.25) is 4.79 Å². The Morgan fingerprint density at radius 3 is 2.96 bits per heavy atom. The first kappa shape index (κ1) is 15.9. The SMILES string of the molecule is Cc1ccc(C)c(NC(=O)c2ccnc(OC3CCSC3)c2)c1. The summed E-state index contributed by atoms with van der Waals surface area (Å²) in [6.07, 6.45) is 2.85. The maximum absolute atomic E-state index is 12.5. The van der Waals surface area contributed by atoms with Crippen molar-refractivity contribution in [1.82, 2.24) is 4.98 Å². The summed E-state index contributed by atoms with van der Waals surface area (Å²) in [5.41, 5.74) is 3.55. The van der Waals surface area contributed by atoms with Crippen molar-refractivity contribution in [3.8, 4) is 5.88 Å². The van der Waals surface area contributed by atoms with E-state index in [1.54, 1.807) is 18.3 Å². The Hall–Kier alpha value is -2.01. The van der Waals surface area contributed by atoms with Gasteiger partial charge in [0, 0.05) is 29.3 Å². The van der Waals surface area contributed by atoms with Crippen molar-refractivity contribution >= 4 is 23.4 Å². The lowest BCUT2D eigenvalue weighted by Gasteiger charge is -2.13. The van der Waals surface area contributed by atoms with Crippen molar-refractivity contribution in [2.24, 2.45) is 0 Å². The summed E-state index contributed by atoms with van der Waals surface area (Å²) in [6.45, 7) is 3.99. The second-order valence-electron chi connectivity index (χ2n) is 5.76. The van der Waals surface area contributed by atoms with Crippen molar-refractivity contribution in [3.05, 3.63) is 53.2 Å². The molecule has 1 N–H and O–H groups in total. The fraction of sp³-hybridized carbons (Fsp3) is 0.333. The standard InChI is InChI=1S/C18H20N2O2S/c1-12-3-4-13(2)16(9-12)20-18(21)14-5-7-19-17(10-14)22-15-6-8-23-11-15/h3-5,7,9-10,15H,6,8,11H2,1-2H3,(H,20,21). The van der Waals surface area contributed by atoms with E-state index in [1.807, 2.05) is 43.8 Å². The first-order valence-corrected chi connectivity index (χ1v) is 8.86. The van der Waals surface area contributed by atoms with Crippen LogP contribution >= 0.6 is 11.8 Å². The lowest BCUT2D eigenvalue weighted by molar-refractivity contribution is 0.102. The zero-order valence-electron chi connectivity index (χ0n) is 13.3. The molecule has 1 saturated heterocycles. The Kier molecular flexibility index (Phi) is 4.86. The number of hydrogen-bond donors (Lipinski definition) is 1. The molecule has 1 aliphatic heterocycles. The Morgan fingerprint density at radius 1 is 1.30 bits per heavy atom. The van der Waals surface area contributed by atoms with Crippen LogP contribution in [0.2, 0.25) is 0 Å². The summed E-state index contributed by atoms with van der Waals surface area (Å²) in [7, 11) is 0. The number of anilines is 1. The third-order valence-electron chi connectivity index (χ3n) is 3.81. The number of ether oxygens (including phenoxy) is 1. The fourth-order valence-corrected chi connectivity index (χ4v) is 3.55. The first-order valence-electron chi connectivity index (χ1n) is 7.71. The summed E-state index contributed by atoms with van der Waals surface area (Å²) >= 11 is 1.88. The molecule has 1 atom stereocenters. The van der Waals surface area contributed by atoms with Crippen LogP contribution in [0.1, 0.15) is 27.9 Å². The Bertz CT molecular complexity index is 712. The van der Waals surface area contributed by atoms with E-state index >= 15 is 0 Å². The molecular formula is C18H20N2O2S. The minimum Gasteiger partial charge on any atom is -0.473 e. The molecule has 5 heteroatoms. The van der Waals surface area contributed by atoms with Crippen LogP contribution in [0.5, 0.6) is 5.88 Å². The highest BCUT2D eigenvalue weighted by molar-refractivity contribution is 7.99. The number of carbonyl (C=O) groups excluding carboxylic acids is 1. The lowest BCUT2D eigenvalue weighted by atomic mass is 10.1. The molecule has 0 radical (unpaired) electrons. The third-order valence-corrected chi connectivity index (χ3v) is 4.95. The maximum atomic E-state index is 12.5. The molecule has 4 nitrogen and oxygen atoms in total. The zero-order chi connectivity index (χ0) is 16.2. The van der Waals surface area contributed by atoms with Gasteiger partial charge in [-0.15, -0.1) is 0 Å². The molecule has 0 aliphatic carbocycles. The molecule has 2 aromatic rings. The molecule has 1 amide bonds. The Balaban J connectivity index is 1.72. The van der Waals surface area contributed by atoms with Crippen LogP contribution in [0.4, 0.5) is 5.69 Å². The van der Waals surface area contributed by atoms with Gasteiger partial charge >= 0.3 is 0 Å². The van der Waals surface area contributed by atoms with E-state index in [9.17, 15) is 4.79 Å². The van der Waals surface area contributed by atoms with Crippen LogP contribution < -0.4 is 10.1 Å². The number of amides is 1. The van der Waals surface area contributed by atoms with Gasteiger partial charge in [0.25, 0.3) is 5.91 Å². The number of aryl methyl sites for hydroxylation is 2. The van der Waals surface area contributed by atoms with Gasteiger partial charge in [-0.05, 0) is 49.3 Å². The minimum absolute atomic E-state index is 0.147. The third kappa shape index (κ3) is 4.05. The average molecular weight is 328 g/mol. The number of aromatic nitrogens is 1. The lowest BCUT2D eigenvalue weighted by Crippen LogP contribution is -2.17. The van der Waals surface area contributed by atoms with Gasteiger partial charge in [0.05, 0.1) is 0 Å². The summed E-state index contributed by atoms with van der Waals surface area (Å²) in [5, 5.41) is 2.96. The molecule has 1 aromatic heterocycles. The van der Waals surface area contributed by atoms with E-state index in [0.29, 0.717) is 11.4 Å². The molecule has 23 heavy (non-hydrogen) atoms. The fourth-order valence-electron chi connectivity index (χ4n) is 2.46. The quantitative estimate of drug-likeness (QED) is 0.926. The highest BCUT2D eigenvalue weighted by Gasteiger charge is 2.18. The van der Waals surface area contributed by atoms with Crippen molar-refractivity contribution in [2.75, 3.05) is 16.8 Å². The average Bonchev–Trinajstić information content (AvgIpc) is 3.04. The summed E-state index contributed by atoms with van der Waals surface area (Å²) in [6, 6.07) is 9.43. The Labute approximate surface area is 140 Å². The highest BCUT2D eigenvalue weighted by Crippen LogP contribution is 2.23. The van der Waals surface area contributed by atoms with Gasteiger partial charge in [-0.2, -0.15) is 11.8 Å². The molecule has 0 saturated carbocycles. The molecule has 1 aliphatic rings. The van der Waals surface area contributed by atoms with Crippen LogP contribution in [-0.4, -0.2) is 28.5 Å². The minimum atomic E-state index is -0.147. The maximum Gasteiger partial charge on any atom is 0.255 e. The van der Waals surface area contributed by atoms with E-state index in [1.165, 1.54) is 0 Å². The van der Waals surface area contributed by atoms with Crippen LogP contribution in [-0.2, 0) is 0 Å². The largest absolute Gasteiger partial charge is 0.473 e. The van der Waals surface area contributed by atoms with Gasteiger partial charge < -0.3 is 10.1 Å². The number of nitrogens with zero attached hydrogens (tertiary/aromatic N) is 1. The van der Waals surface area contributed by atoms with Crippen molar-refractivity contribution < 1.29 is 9.53 Å². The number of hydrogen-bond acceptors (Lipinski definition) is 4. The Morgan fingerprint density at radius 2 is 2.17 bits per heavy atom. The monoisotopic (exact) mass is 328 g/mol. The number of rotatable bonds is 4. The van der Waals surface area contributed by atoms with Gasteiger partial charge in [-0.25, -0.2) is 4.98 Å².